The van der Waals surface area contributed by atoms with Gasteiger partial charge in [-0.1, -0.05) is 60.7 Å². The van der Waals surface area contributed by atoms with E-state index in [0.29, 0.717) is 5.56 Å². The molecule has 0 saturated carbocycles. The van der Waals surface area contributed by atoms with Crippen LogP contribution >= 0.6 is 12.4 Å². The van der Waals surface area contributed by atoms with Gasteiger partial charge in [0.05, 0.1) is 23.7 Å². The second-order valence-electron chi connectivity index (χ2n) is 7.11. The summed E-state index contributed by atoms with van der Waals surface area (Å²) in [6.07, 6.45) is 1.29. The number of ether oxygens (including phenoxy) is 2. The van der Waals surface area contributed by atoms with Gasteiger partial charge in [-0.25, -0.2) is 9.78 Å². The van der Waals surface area contributed by atoms with Crippen molar-refractivity contribution in [2.45, 2.75) is 18.9 Å². The van der Waals surface area contributed by atoms with Crippen LogP contribution in [0.5, 0.6) is 0 Å². The van der Waals surface area contributed by atoms with E-state index < -0.39 is 6.10 Å². The molecular weight excluding hydrogens is 412 g/mol. The Labute approximate surface area is 187 Å². The van der Waals surface area contributed by atoms with Crippen molar-refractivity contribution in [2.24, 2.45) is 0 Å². The number of para-hydroxylation sites is 1. The van der Waals surface area contributed by atoms with E-state index in [0.717, 1.165) is 40.8 Å². The molecule has 0 amide bonds. The van der Waals surface area contributed by atoms with Crippen LogP contribution in [-0.2, 0) is 22.3 Å². The number of aryl methyl sites for hydroxylation is 2. The molecule has 5 nitrogen and oxygen atoms in total. The third kappa shape index (κ3) is 4.79. The summed E-state index contributed by atoms with van der Waals surface area (Å²) in [6.45, 7) is 0. The molecule has 3 aromatic carbocycles. The van der Waals surface area contributed by atoms with E-state index in [4.69, 9.17) is 14.5 Å². The number of carbonyl (C=O) groups is 1. The fourth-order valence-corrected chi connectivity index (χ4v) is 3.79. The van der Waals surface area contributed by atoms with Gasteiger partial charge < -0.3 is 14.5 Å². The number of halogens is 1. The Kier molecular flexibility index (Phi) is 7.45. The number of H-pyrrole nitrogens is 1. The number of nitrogens with zero attached hydrogens (tertiary/aromatic N) is 1. The normalized spacial score (nSPS) is 11.7. The molecule has 0 fully saturated rings. The molecule has 0 aliphatic carbocycles. The maximum atomic E-state index is 12.3. The zero-order chi connectivity index (χ0) is 20.9. The van der Waals surface area contributed by atoms with E-state index >= 15 is 0 Å². The first-order valence-electron chi connectivity index (χ1n) is 9.92. The van der Waals surface area contributed by atoms with E-state index in [9.17, 15) is 4.79 Å². The molecule has 1 N–H and O–H groups in total. The maximum Gasteiger partial charge on any atom is 0.338 e. The number of methoxy groups -OCH3 is 2. The number of nitrogens with one attached hydrogen (secondary N) is 1. The van der Waals surface area contributed by atoms with Crippen molar-refractivity contribution >= 4 is 29.4 Å². The maximum absolute atomic E-state index is 12.3. The predicted molar refractivity (Wildman–Crippen MR) is 124 cm³/mol. The summed E-state index contributed by atoms with van der Waals surface area (Å²) >= 11 is 0. The largest absolute Gasteiger partial charge is 0.465 e. The molecule has 0 spiro atoms. The topological polar surface area (TPSA) is 64.2 Å². The van der Waals surface area contributed by atoms with Crippen molar-refractivity contribution in [3.8, 4) is 0 Å². The molecular formula is C25H25ClN2O3. The summed E-state index contributed by atoms with van der Waals surface area (Å²) in [5.74, 6) is 0.544. The molecule has 0 radical (unpaired) electrons. The first-order chi connectivity index (χ1) is 14.7. The van der Waals surface area contributed by atoms with Gasteiger partial charge in [-0.3, -0.25) is 0 Å². The quantitative estimate of drug-likeness (QED) is 0.400. The van der Waals surface area contributed by atoms with Gasteiger partial charge >= 0.3 is 5.97 Å². The number of hydrogen-bond acceptors (Lipinski definition) is 4. The first kappa shape index (κ1) is 22.5. The monoisotopic (exact) mass is 436 g/mol. The van der Waals surface area contributed by atoms with Crippen LogP contribution in [0.1, 0.15) is 39.0 Å². The Morgan fingerprint density at radius 1 is 0.903 bits per heavy atom. The minimum atomic E-state index is -0.436. The number of imidazole rings is 1. The molecule has 0 bridgehead atoms. The zero-order valence-corrected chi connectivity index (χ0v) is 18.3. The molecule has 6 heteroatoms. The molecule has 0 saturated heterocycles. The molecule has 31 heavy (non-hydrogen) atoms. The van der Waals surface area contributed by atoms with Crippen molar-refractivity contribution in [3.63, 3.8) is 0 Å². The molecule has 1 aromatic heterocycles. The van der Waals surface area contributed by atoms with Gasteiger partial charge in [0.25, 0.3) is 0 Å². The van der Waals surface area contributed by atoms with Gasteiger partial charge in [0, 0.05) is 19.1 Å². The van der Waals surface area contributed by atoms with Gasteiger partial charge in [-0.2, -0.15) is 0 Å². The lowest BCUT2D eigenvalue weighted by Gasteiger charge is -2.19. The number of hydrogen-bond donors (Lipinski definition) is 1. The van der Waals surface area contributed by atoms with Crippen LogP contribution in [-0.4, -0.2) is 30.2 Å². The molecule has 0 aliphatic heterocycles. The second-order valence-corrected chi connectivity index (χ2v) is 7.11. The van der Waals surface area contributed by atoms with Gasteiger partial charge in [0.15, 0.2) is 0 Å². The SMILES string of the molecule is COC(=O)c1ccccc1C(OC)c1cccc2[nH]c(CCc3ccccc3)nc12.Cl. The van der Waals surface area contributed by atoms with Gasteiger partial charge in [0.1, 0.15) is 11.9 Å². The summed E-state index contributed by atoms with van der Waals surface area (Å²) in [5, 5.41) is 0. The third-order valence-electron chi connectivity index (χ3n) is 5.25. The summed E-state index contributed by atoms with van der Waals surface area (Å²) in [5.41, 5.74) is 5.24. The Bertz CT molecular complexity index is 1160. The highest BCUT2D eigenvalue weighted by atomic mass is 35.5. The first-order valence-corrected chi connectivity index (χ1v) is 9.92. The van der Waals surface area contributed by atoms with Crippen LogP contribution in [0.15, 0.2) is 72.8 Å². The van der Waals surface area contributed by atoms with Crippen LogP contribution in [0.4, 0.5) is 0 Å². The van der Waals surface area contributed by atoms with Crippen molar-refractivity contribution in [3.05, 3.63) is 101 Å². The van der Waals surface area contributed by atoms with Crippen molar-refractivity contribution in [2.75, 3.05) is 14.2 Å². The highest BCUT2D eigenvalue weighted by Crippen LogP contribution is 2.32. The number of aromatic amines is 1. The van der Waals surface area contributed by atoms with E-state index in [-0.39, 0.29) is 18.4 Å². The van der Waals surface area contributed by atoms with Crippen LogP contribution in [0.25, 0.3) is 11.0 Å². The summed E-state index contributed by atoms with van der Waals surface area (Å²) in [6, 6.07) is 23.7. The van der Waals surface area contributed by atoms with Crippen LogP contribution < -0.4 is 0 Å². The third-order valence-corrected chi connectivity index (χ3v) is 5.25. The van der Waals surface area contributed by atoms with Crippen LogP contribution in [0.3, 0.4) is 0 Å². The molecule has 1 heterocycles. The van der Waals surface area contributed by atoms with E-state index in [1.807, 2.05) is 54.6 Å². The highest BCUT2D eigenvalue weighted by molar-refractivity contribution is 5.91. The molecule has 1 atom stereocenters. The van der Waals surface area contributed by atoms with E-state index in [2.05, 4.69) is 17.1 Å². The minimum absolute atomic E-state index is 0. The van der Waals surface area contributed by atoms with Crippen LogP contribution in [0, 0.1) is 0 Å². The molecule has 1 unspecified atom stereocenters. The number of aromatic nitrogens is 2. The Balaban J connectivity index is 0.00000272. The number of rotatable bonds is 7. The van der Waals surface area contributed by atoms with Crippen molar-refractivity contribution < 1.29 is 14.3 Å². The summed E-state index contributed by atoms with van der Waals surface area (Å²) in [4.78, 5) is 20.6. The van der Waals surface area contributed by atoms with Gasteiger partial charge in [0.2, 0.25) is 0 Å². The Morgan fingerprint density at radius 2 is 1.61 bits per heavy atom. The predicted octanol–water partition coefficient (Wildman–Crippen LogP) is 5.29. The van der Waals surface area contributed by atoms with E-state index in [1.165, 1.54) is 12.7 Å². The summed E-state index contributed by atoms with van der Waals surface area (Å²) < 4.78 is 10.8. The van der Waals surface area contributed by atoms with Gasteiger partial charge in [-0.15, -0.1) is 12.4 Å². The Hall–Kier alpha value is -3.15. The van der Waals surface area contributed by atoms with Crippen LogP contribution in [0.2, 0.25) is 0 Å². The average Bonchev–Trinajstić information content (AvgIpc) is 3.23. The molecule has 4 aromatic rings. The summed E-state index contributed by atoms with van der Waals surface area (Å²) in [7, 11) is 3.02. The lowest BCUT2D eigenvalue weighted by Crippen LogP contribution is -2.12. The number of fused-ring (bicyclic) bond motifs is 1. The number of esters is 1. The molecule has 0 aliphatic rings. The zero-order valence-electron chi connectivity index (χ0n) is 17.5. The number of benzene rings is 3. The number of carbonyl (C=O) groups excluding carboxylic acids is 1. The second kappa shape index (κ2) is 10.2. The molecule has 4 rings (SSSR count). The fraction of sp³-hybridized carbons (Fsp3) is 0.200. The minimum Gasteiger partial charge on any atom is -0.465 e. The standard InChI is InChI=1S/C25H24N2O3.ClH/c1-29-24(18-11-6-7-12-19(18)25(28)30-2)20-13-8-14-21-23(20)27-22(26-21)16-15-17-9-4-3-5-10-17;/h3-14,24H,15-16H2,1-2H3,(H,26,27);1H. The fourth-order valence-electron chi connectivity index (χ4n) is 3.79. The lowest BCUT2D eigenvalue weighted by atomic mass is 9.95. The molecule has 160 valence electrons. The average molecular weight is 437 g/mol. The van der Waals surface area contributed by atoms with Crippen molar-refractivity contribution in [1.82, 2.24) is 9.97 Å². The highest BCUT2D eigenvalue weighted by Gasteiger charge is 2.23. The van der Waals surface area contributed by atoms with Crippen molar-refractivity contribution in [1.29, 1.82) is 0 Å². The van der Waals surface area contributed by atoms with Gasteiger partial charge in [-0.05, 0) is 29.7 Å². The lowest BCUT2D eigenvalue weighted by molar-refractivity contribution is 0.0592. The van der Waals surface area contributed by atoms with E-state index in [1.54, 1.807) is 13.2 Å². The smallest absolute Gasteiger partial charge is 0.338 e. The Morgan fingerprint density at radius 3 is 2.35 bits per heavy atom.